The smallest absolute Gasteiger partial charge is 0.191 e. The highest BCUT2D eigenvalue weighted by molar-refractivity contribution is 5.80. The van der Waals surface area contributed by atoms with E-state index in [2.05, 4.69) is 70.1 Å². The fourth-order valence-corrected chi connectivity index (χ4v) is 3.82. The Labute approximate surface area is 175 Å². The van der Waals surface area contributed by atoms with Crippen molar-refractivity contribution in [2.75, 3.05) is 31.1 Å². The summed E-state index contributed by atoms with van der Waals surface area (Å²) < 4.78 is 2.20. The van der Waals surface area contributed by atoms with E-state index in [-0.39, 0.29) is 0 Å². The molecule has 1 unspecified atom stereocenters. The molecular formula is C23H36N6. The molecule has 0 bridgehead atoms. The van der Waals surface area contributed by atoms with Crippen LogP contribution in [0.5, 0.6) is 0 Å². The number of piperidine rings is 1. The molecule has 0 spiro atoms. The van der Waals surface area contributed by atoms with E-state index in [1.54, 1.807) is 0 Å². The number of unbranched alkanes of at least 4 members (excludes halogenated alkanes) is 1. The standard InChI is InChI=1S/C23H36N6/c1-4-24-23(26-13-5-6-15-28-17-14-25-20(28)3)27-21-8-7-16-29(18-21)22-11-9-19(2)10-12-22/h9-12,14,17,21H,4-8,13,15-16,18H2,1-3H3,(H2,24,26,27). The Morgan fingerprint density at radius 2 is 2.03 bits per heavy atom. The molecule has 2 heterocycles. The third-order valence-corrected chi connectivity index (χ3v) is 5.51. The van der Waals surface area contributed by atoms with Crippen molar-refractivity contribution in [3.05, 3.63) is 48.0 Å². The molecule has 0 aliphatic carbocycles. The van der Waals surface area contributed by atoms with Gasteiger partial charge in [0.25, 0.3) is 0 Å². The molecule has 0 radical (unpaired) electrons. The van der Waals surface area contributed by atoms with Crippen LogP contribution in [0, 0.1) is 13.8 Å². The van der Waals surface area contributed by atoms with E-state index in [1.807, 2.05) is 12.4 Å². The number of nitrogens with one attached hydrogen (secondary N) is 2. The molecule has 2 aromatic rings. The van der Waals surface area contributed by atoms with Crippen molar-refractivity contribution >= 4 is 11.6 Å². The zero-order valence-electron chi connectivity index (χ0n) is 18.2. The summed E-state index contributed by atoms with van der Waals surface area (Å²) in [6.45, 7) is 11.2. The van der Waals surface area contributed by atoms with Crippen LogP contribution in [0.1, 0.15) is 44.0 Å². The molecular weight excluding hydrogens is 360 g/mol. The minimum atomic E-state index is 0.427. The lowest BCUT2D eigenvalue weighted by atomic mass is 10.0. The van der Waals surface area contributed by atoms with E-state index < -0.39 is 0 Å². The lowest BCUT2D eigenvalue weighted by Gasteiger charge is -2.35. The van der Waals surface area contributed by atoms with Crippen molar-refractivity contribution in [1.29, 1.82) is 0 Å². The van der Waals surface area contributed by atoms with Gasteiger partial charge in [-0.3, -0.25) is 4.99 Å². The van der Waals surface area contributed by atoms with Crippen LogP contribution in [0.3, 0.4) is 0 Å². The van der Waals surface area contributed by atoms with Crippen LogP contribution < -0.4 is 15.5 Å². The highest BCUT2D eigenvalue weighted by Crippen LogP contribution is 2.20. The first-order valence-corrected chi connectivity index (χ1v) is 11.0. The summed E-state index contributed by atoms with van der Waals surface area (Å²) >= 11 is 0. The van der Waals surface area contributed by atoms with Gasteiger partial charge in [0.2, 0.25) is 0 Å². The monoisotopic (exact) mass is 396 g/mol. The van der Waals surface area contributed by atoms with Crippen LogP contribution in [0.25, 0.3) is 0 Å². The average molecular weight is 397 g/mol. The third kappa shape index (κ3) is 6.51. The fourth-order valence-electron chi connectivity index (χ4n) is 3.82. The topological polar surface area (TPSA) is 57.5 Å². The highest BCUT2D eigenvalue weighted by atomic mass is 15.2. The first kappa shape index (κ1) is 21.2. The van der Waals surface area contributed by atoms with Gasteiger partial charge in [-0.05, 0) is 58.6 Å². The summed E-state index contributed by atoms with van der Waals surface area (Å²) in [6, 6.07) is 9.29. The van der Waals surface area contributed by atoms with Gasteiger partial charge in [0, 0.05) is 56.8 Å². The maximum atomic E-state index is 4.81. The molecule has 1 aliphatic rings. The second-order valence-corrected chi connectivity index (χ2v) is 7.90. The Bertz CT molecular complexity index is 764. The number of aliphatic imine (C=N–C) groups is 1. The van der Waals surface area contributed by atoms with Crippen molar-refractivity contribution in [3.8, 4) is 0 Å². The second kappa shape index (κ2) is 10.9. The summed E-state index contributed by atoms with van der Waals surface area (Å²) in [7, 11) is 0. The van der Waals surface area contributed by atoms with Crippen LogP contribution >= 0.6 is 0 Å². The Balaban J connectivity index is 1.47. The maximum Gasteiger partial charge on any atom is 0.191 e. The normalized spacial score (nSPS) is 17.4. The lowest BCUT2D eigenvalue weighted by Crippen LogP contribution is -2.51. The van der Waals surface area contributed by atoms with Crippen LogP contribution in [0.15, 0.2) is 41.7 Å². The van der Waals surface area contributed by atoms with E-state index in [0.717, 1.165) is 57.3 Å². The van der Waals surface area contributed by atoms with Gasteiger partial charge in [-0.15, -0.1) is 0 Å². The minimum Gasteiger partial charge on any atom is -0.369 e. The van der Waals surface area contributed by atoms with Gasteiger partial charge in [-0.2, -0.15) is 0 Å². The summed E-state index contributed by atoms with van der Waals surface area (Å²) in [4.78, 5) is 11.6. The van der Waals surface area contributed by atoms with Gasteiger partial charge in [0.05, 0.1) is 0 Å². The molecule has 2 N–H and O–H groups in total. The van der Waals surface area contributed by atoms with E-state index in [9.17, 15) is 0 Å². The first-order valence-electron chi connectivity index (χ1n) is 11.0. The van der Waals surface area contributed by atoms with E-state index in [4.69, 9.17) is 4.99 Å². The summed E-state index contributed by atoms with van der Waals surface area (Å²) in [5.41, 5.74) is 2.63. The highest BCUT2D eigenvalue weighted by Gasteiger charge is 2.20. The number of rotatable bonds is 8. The van der Waals surface area contributed by atoms with Gasteiger partial charge in [-0.1, -0.05) is 17.7 Å². The van der Waals surface area contributed by atoms with Gasteiger partial charge in [0.15, 0.2) is 5.96 Å². The molecule has 158 valence electrons. The summed E-state index contributed by atoms with van der Waals surface area (Å²) in [5, 5.41) is 7.07. The number of aryl methyl sites for hydroxylation is 3. The fraction of sp³-hybridized carbons (Fsp3) is 0.565. The molecule has 29 heavy (non-hydrogen) atoms. The minimum absolute atomic E-state index is 0.427. The molecule has 0 saturated carbocycles. The van der Waals surface area contributed by atoms with Crippen LogP contribution in [0.2, 0.25) is 0 Å². The third-order valence-electron chi connectivity index (χ3n) is 5.51. The number of hydrogen-bond donors (Lipinski definition) is 2. The Morgan fingerprint density at radius 1 is 1.21 bits per heavy atom. The lowest BCUT2D eigenvalue weighted by molar-refractivity contribution is 0.468. The first-order chi connectivity index (χ1) is 14.2. The van der Waals surface area contributed by atoms with Gasteiger partial charge >= 0.3 is 0 Å². The van der Waals surface area contributed by atoms with Gasteiger partial charge < -0.3 is 20.1 Å². The number of imidazole rings is 1. The molecule has 6 nitrogen and oxygen atoms in total. The number of benzene rings is 1. The Hall–Kier alpha value is -2.50. The average Bonchev–Trinajstić information content (AvgIpc) is 3.13. The van der Waals surface area contributed by atoms with E-state index >= 15 is 0 Å². The molecule has 1 fully saturated rings. The van der Waals surface area contributed by atoms with E-state index in [0.29, 0.717) is 6.04 Å². The van der Waals surface area contributed by atoms with Crippen molar-refractivity contribution in [3.63, 3.8) is 0 Å². The number of aromatic nitrogens is 2. The molecule has 1 aliphatic heterocycles. The van der Waals surface area contributed by atoms with Crippen molar-refractivity contribution in [2.45, 2.75) is 59.0 Å². The number of nitrogens with zero attached hydrogens (tertiary/aromatic N) is 4. The zero-order valence-corrected chi connectivity index (χ0v) is 18.2. The second-order valence-electron chi connectivity index (χ2n) is 7.90. The predicted molar refractivity (Wildman–Crippen MR) is 122 cm³/mol. The molecule has 1 aromatic heterocycles. The summed E-state index contributed by atoms with van der Waals surface area (Å²) in [5.74, 6) is 2.03. The SMILES string of the molecule is CCNC(=NCCCCn1ccnc1C)NC1CCCN(c2ccc(C)cc2)C1. The van der Waals surface area contributed by atoms with Crippen LogP contribution in [0.4, 0.5) is 5.69 Å². The quantitative estimate of drug-likeness (QED) is 0.407. The predicted octanol–water partition coefficient (Wildman–Crippen LogP) is 3.50. The Kier molecular flexibility index (Phi) is 7.96. The summed E-state index contributed by atoms with van der Waals surface area (Å²) in [6.07, 6.45) is 8.50. The zero-order chi connectivity index (χ0) is 20.5. The molecule has 1 aromatic carbocycles. The van der Waals surface area contributed by atoms with E-state index in [1.165, 1.54) is 24.1 Å². The Morgan fingerprint density at radius 3 is 2.76 bits per heavy atom. The van der Waals surface area contributed by atoms with Crippen molar-refractivity contribution in [2.24, 2.45) is 4.99 Å². The maximum absolute atomic E-state index is 4.81. The van der Waals surface area contributed by atoms with Crippen molar-refractivity contribution < 1.29 is 0 Å². The molecule has 6 heteroatoms. The number of guanidine groups is 1. The number of hydrogen-bond acceptors (Lipinski definition) is 3. The largest absolute Gasteiger partial charge is 0.369 e. The molecule has 3 rings (SSSR count). The van der Waals surface area contributed by atoms with Gasteiger partial charge in [0.1, 0.15) is 5.82 Å². The van der Waals surface area contributed by atoms with Crippen LogP contribution in [-0.4, -0.2) is 47.7 Å². The van der Waals surface area contributed by atoms with Crippen LogP contribution in [-0.2, 0) is 6.54 Å². The van der Waals surface area contributed by atoms with Gasteiger partial charge in [-0.25, -0.2) is 4.98 Å². The molecule has 1 saturated heterocycles. The molecule has 0 amide bonds. The van der Waals surface area contributed by atoms with Crippen molar-refractivity contribution in [1.82, 2.24) is 20.2 Å². The molecule has 1 atom stereocenters. The number of anilines is 1.